The van der Waals surface area contributed by atoms with Gasteiger partial charge in [0.2, 0.25) is 5.91 Å². The quantitative estimate of drug-likeness (QED) is 0.844. The highest BCUT2D eigenvalue weighted by atomic mass is 16.2. The smallest absolute Gasteiger partial charge is 0.226 e. The van der Waals surface area contributed by atoms with Gasteiger partial charge in [-0.2, -0.15) is 0 Å². The summed E-state index contributed by atoms with van der Waals surface area (Å²) in [6, 6.07) is 8.38. The lowest BCUT2D eigenvalue weighted by Crippen LogP contribution is -2.34. The summed E-state index contributed by atoms with van der Waals surface area (Å²) in [5.74, 6) is 0.00184. The van der Waals surface area contributed by atoms with E-state index in [1.807, 2.05) is 14.0 Å². The highest BCUT2D eigenvalue weighted by molar-refractivity contribution is 5.78. The fraction of sp³-hybridized carbons (Fsp3) is 0.500. The van der Waals surface area contributed by atoms with Gasteiger partial charge in [-0.15, -0.1) is 0 Å². The minimum Gasteiger partial charge on any atom is -0.341 e. The average Bonchev–Trinajstić information content (AvgIpc) is 2.37. The minimum absolute atomic E-state index is 0.102. The van der Waals surface area contributed by atoms with E-state index in [0.29, 0.717) is 13.1 Å². The molecule has 3 nitrogen and oxygen atoms in total. The van der Waals surface area contributed by atoms with Crippen LogP contribution in [-0.4, -0.2) is 24.4 Å². The molecule has 0 aromatic heterocycles. The topological polar surface area (TPSA) is 46.3 Å². The van der Waals surface area contributed by atoms with E-state index in [0.717, 1.165) is 12.0 Å². The molecule has 1 unspecified atom stereocenters. The summed E-state index contributed by atoms with van der Waals surface area (Å²) in [5, 5.41) is 0. The van der Waals surface area contributed by atoms with Crippen molar-refractivity contribution in [2.75, 3.05) is 13.6 Å². The molecule has 0 aliphatic carbocycles. The average molecular weight is 234 g/mol. The summed E-state index contributed by atoms with van der Waals surface area (Å²) in [5.41, 5.74) is 7.97. The van der Waals surface area contributed by atoms with Gasteiger partial charge in [-0.1, -0.05) is 38.1 Å². The first-order valence-corrected chi connectivity index (χ1v) is 6.11. The van der Waals surface area contributed by atoms with Crippen LogP contribution in [0.4, 0.5) is 0 Å². The van der Waals surface area contributed by atoms with Gasteiger partial charge in [0.15, 0.2) is 0 Å². The zero-order valence-electron chi connectivity index (χ0n) is 10.9. The summed E-state index contributed by atoms with van der Waals surface area (Å²) in [6.45, 7) is 5.04. The third-order valence-electron chi connectivity index (χ3n) is 3.00. The number of hydrogen-bond donors (Lipinski definition) is 1. The predicted octanol–water partition coefficient (Wildman–Crippen LogP) is 1.80. The van der Waals surface area contributed by atoms with Crippen molar-refractivity contribution in [1.29, 1.82) is 0 Å². The van der Waals surface area contributed by atoms with Gasteiger partial charge in [0.25, 0.3) is 0 Å². The van der Waals surface area contributed by atoms with Gasteiger partial charge < -0.3 is 10.6 Å². The van der Waals surface area contributed by atoms with Crippen LogP contribution in [0.2, 0.25) is 0 Å². The maximum absolute atomic E-state index is 11.8. The van der Waals surface area contributed by atoms with Crippen molar-refractivity contribution >= 4 is 5.91 Å². The van der Waals surface area contributed by atoms with E-state index in [9.17, 15) is 4.79 Å². The molecule has 0 saturated heterocycles. The standard InChI is InChI=1S/C14H22N2O/c1-4-12-5-7-13(8-6-12)10-16(3)14(17)11(2)9-15/h5-8,11H,4,9-10,15H2,1-3H3. The molecule has 1 aromatic carbocycles. The molecule has 0 spiro atoms. The minimum atomic E-state index is -0.102. The molecule has 0 radical (unpaired) electrons. The van der Waals surface area contributed by atoms with Crippen LogP contribution in [0.3, 0.4) is 0 Å². The largest absolute Gasteiger partial charge is 0.341 e. The molecule has 1 amide bonds. The third kappa shape index (κ3) is 3.86. The fourth-order valence-corrected chi connectivity index (χ4v) is 1.71. The molecule has 0 heterocycles. The van der Waals surface area contributed by atoms with Crippen molar-refractivity contribution < 1.29 is 4.79 Å². The summed E-state index contributed by atoms with van der Waals surface area (Å²) < 4.78 is 0. The molecule has 0 aliphatic heterocycles. The highest BCUT2D eigenvalue weighted by Gasteiger charge is 2.15. The Kier molecular flexibility index (Phi) is 5.16. The normalized spacial score (nSPS) is 12.2. The number of benzene rings is 1. The molecule has 3 heteroatoms. The van der Waals surface area contributed by atoms with Gasteiger partial charge in [-0.25, -0.2) is 0 Å². The van der Waals surface area contributed by atoms with Crippen LogP contribution >= 0.6 is 0 Å². The molecule has 1 aromatic rings. The number of nitrogens with two attached hydrogens (primary N) is 1. The first-order valence-electron chi connectivity index (χ1n) is 6.11. The zero-order valence-corrected chi connectivity index (χ0v) is 10.9. The summed E-state index contributed by atoms with van der Waals surface area (Å²) in [6.07, 6.45) is 1.04. The Labute approximate surface area is 104 Å². The summed E-state index contributed by atoms with van der Waals surface area (Å²) in [4.78, 5) is 13.6. The maximum atomic E-state index is 11.8. The van der Waals surface area contributed by atoms with Crippen molar-refractivity contribution in [1.82, 2.24) is 4.90 Å². The molecule has 0 bridgehead atoms. The van der Waals surface area contributed by atoms with Crippen LogP contribution < -0.4 is 5.73 Å². The molecule has 0 fully saturated rings. The van der Waals surface area contributed by atoms with Crippen molar-refractivity contribution in [3.05, 3.63) is 35.4 Å². The fourth-order valence-electron chi connectivity index (χ4n) is 1.71. The third-order valence-corrected chi connectivity index (χ3v) is 3.00. The van der Waals surface area contributed by atoms with Crippen LogP contribution in [0, 0.1) is 5.92 Å². The Bertz CT molecular complexity index is 359. The molecule has 94 valence electrons. The second kappa shape index (κ2) is 6.40. The van der Waals surface area contributed by atoms with Crippen LogP contribution in [0.25, 0.3) is 0 Å². The van der Waals surface area contributed by atoms with E-state index in [2.05, 4.69) is 31.2 Å². The molecular formula is C14H22N2O. The Balaban J connectivity index is 2.61. The predicted molar refractivity (Wildman–Crippen MR) is 70.5 cm³/mol. The Morgan fingerprint density at radius 2 is 1.82 bits per heavy atom. The molecular weight excluding hydrogens is 212 g/mol. The van der Waals surface area contributed by atoms with E-state index in [1.165, 1.54) is 5.56 Å². The number of rotatable bonds is 5. The lowest BCUT2D eigenvalue weighted by Gasteiger charge is -2.20. The summed E-state index contributed by atoms with van der Waals surface area (Å²) >= 11 is 0. The van der Waals surface area contributed by atoms with Crippen LogP contribution in [0.5, 0.6) is 0 Å². The molecule has 1 atom stereocenters. The SMILES string of the molecule is CCc1ccc(CN(C)C(=O)C(C)CN)cc1. The number of carbonyl (C=O) groups excluding carboxylic acids is 1. The second-order valence-corrected chi connectivity index (χ2v) is 4.50. The molecule has 0 saturated carbocycles. The van der Waals surface area contributed by atoms with Crippen molar-refractivity contribution in [3.8, 4) is 0 Å². The number of hydrogen-bond acceptors (Lipinski definition) is 2. The van der Waals surface area contributed by atoms with E-state index >= 15 is 0 Å². The number of nitrogens with zero attached hydrogens (tertiary/aromatic N) is 1. The van der Waals surface area contributed by atoms with E-state index in [4.69, 9.17) is 5.73 Å². The van der Waals surface area contributed by atoms with Crippen molar-refractivity contribution in [3.63, 3.8) is 0 Å². The van der Waals surface area contributed by atoms with Crippen LogP contribution in [0.1, 0.15) is 25.0 Å². The number of aryl methyl sites for hydroxylation is 1. The van der Waals surface area contributed by atoms with E-state index in [-0.39, 0.29) is 11.8 Å². The lowest BCUT2D eigenvalue weighted by atomic mass is 10.1. The Morgan fingerprint density at radius 1 is 1.29 bits per heavy atom. The van der Waals surface area contributed by atoms with Gasteiger partial charge in [0.05, 0.1) is 0 Å². The van der Waals surface area contributed by atoms with Crippen LogP contribution in [0.15, 0.2) is 24.3 Å². The van der Waals surface area contributed by atoms with Gasteiger partial charge in [-0.3, -0.25) is 4.79 Å². The molecule has 2 N–H and O–H groups in total. The molecule has 1 rings (SSSR count). The van der Waals surface area contributed by atoms with Crippen molar-refractivity contribution in [2.45, 2.75) is 26.8 Å². The zero-order chi connectivity index (χ0) is 12.8. The molecule has 17 heavy (non-hydrogen) atoms. The van der Waals surface area contributed by atoms with Crippen molar-refractivity contribution in [2.24, 2.45) is 11.7 Å². The van der Waals surface area contributed by atoms with Gasteiger partial charge in [0.1, 0.15) is 0 Å². The Morgan fingerprint density at radius 3 is 2.29 bits per heavy atom. The highest BCUT2D eigenvalue weighted by Crippen LogP contribution is 2.09. The van der Waals surface area contributed by atoms with E-state index in [1.54, 1.807) is 4.90 Å². The summed E-state index contributed by atoms with van der Waals surface area (Å²) in [7, 11) is 1.82. The van der Waals surface area contributed by atoms with E-state index < -0.39 is 0 Å². The number of amides is 1. The first-order chi connectivity index (χ1) is 8.08. The first kappa shape index (κ1) is 13.7. The maximum Gasteiger partial charge on any atom is 0.226 e. The van der Waals surface area contributed by atoms with Gasteiger partial charge in [-0.05, 0) is 17.5 Å². The van der Waals surface area contributed by atoms with Gasteiger partial charge in [0, 0.05) is 26.1 Å². The van der Waals surface area contributed by atoms with Crippen LogP contribution in [-0.2, 0) is 17.8 Å². The Hall–Kier alpha value is -1.35. The number of carbonyl (C=O) groups is 1. The van der Waals surface area contributed by atoms with Gasteiger partial charge >= 0.3 is 0 Å². The second-order valence-electron chi connectivity index (χ2n) is 4.50. The monoisotopic (exact) mass is 234 g/mol. The molecule has 0 aliphatic rings. The lowest BCUT2D eigenvalue weighted by molar-refractivity contribution is -0.133.